The van der Waals surface area contributed by atoms with E-state index in [1.807, 2.05) is 19.2 Å². The molecule has 0 aliphatic heterocycles. The number of unbranched alkanes of at least 4 members (excludes halogenated alkanes) is 1. The molecule has 1 aromatic heterocycles. The molecule has 0 saturated heterocycles. The first-order valence-electron chi connectivity index (χ1n) is 7.11. The molecule has 0 bridgehead atoms. The molecule has 0 aliphatic rings. The van der Waals surface area contributed by atoms with E-state index in [0.717, 1.165) is 31.6 Å². The second-order valence-electron chi connectivity index (χ2n) is 5.11. The first-order valence-corrected chi connectivity index (χ1v) is 9.64. The number of nitrogens with one attached hydrogen (secondary N) is 2. The lowest BCUT2D eigenvalue weighted by Gasteiger charge is -2.06. The number of anilines is 1. The second kappa shape index (κ2) is 8.59. The van der Waals surface area contributed by atoms with Crippen LogP contribution in [0.25, 0.3) is 0 Å². The zero-order valence-electron chi connectivity index (χ0n) is 12.5. The SMILES string of the molecule is CCCNCCCCS(=O)(=O)Nc1nc(C(C)C)cs1. The Hall–Kier alpha value is -0.660. The highest BCUT2D eigenvalue weighted by Gasteiger charge is 2.13. The predicted molar refractivity (Wildman–Crippen MR) is 86.0 cm³/mol. The number of sulfonamides is 1. The Morgan fingerprint density at radius 1 is 1.30 bits per heavy atom. The van der Waals surface area contributed by atoms with Gasteiger partial charge in [0.15, 0.2) is 5.13 Å². The Morgan fingerprint density at radius 3 is 2.65 bits per heavy atom. The average molecular weight is 319 g/mol. The highest BCUT2D eigenvalue weighted by molar-refractivity contribution is 7.92. The molecule has 1 heterocycles. The van der Waals surface area contributed by atoms with E-state index in [1.165, 1.54) is 11.3 Å². The molecular weight excluding hydrogens is 294 g/mol. The molecule has 2 N–H and O–H groups in total. The van der Waals surface area contributed by atoms with Crippen LogP contribution in [0.1, 0.15) is 51.6 Å². The lowest BCUT2D eigenvalue weighted by molar-refractivity contribution is 0.590. The number of rotatable bonds is 10. The van der Waals surface area contributed by atoms with Gasteiger partial charge in [-0.2, -0.15) is 0 Å². The van der Waals surface area contributed by atoms with Crippen molar-refractivity contribution >= 4 is 26.5 Å². The highest BCUT2D eigenvalue weighted by Crippen LogP contribution is 2.22. The minimum atomic E-state index is -3.27. The van der Waals surface area contributed by atoms with Crippen molar-refractivity contribution in [3.05, 3.63) is 11.1 Å². The predicted octanol–water partition coefficient (Wildman–Crippen LogP) is 2.79. The fourth-order valence-electron chi connectivity index (χ4n) is 1.63. The van der Waals surface area contributed by atoms with Crippen LogP contribution in [0.3, 0.4) is 0 Å². The van der Waals surface area contributed by atoms with Gasteiger partial charge in [0.2, 0.25) is 10.0 Å². The molecule has 0 saturated carbocycles. The quantitative estimate of drug-likeness (QED) is 0.651. The number of nitrogens with zero attached hydrogens (tertiary/aromatic N) is 1. The normalized spacial score (nSPS) is 12.0. The molecule has 0 amide bonds. The summed E-state index contributed by atoms with van der Waals surface area (Å²) in [5.41, 5.74) is 0.927. The van der Waals surface area contributed by atoms with Crippen LogP contribution < -0.4 is 10.0 Å². The minimum Gasteiger partial charge on any atom is -0.317 e. The van der Waals surface area contributed by atoms with Gasteiger partial charge in [0.05, 0.1) is 11.4 Å². The van der Waals surface area contributed by atoms with Crippen LogP contribution in [0.2, 0.25) is 0 Å². The van der Waals surface area contributed by atoms with Gasteiger partial charge in [-0.3, -0.25) is 4.72 Å². The molecule has 0 atom stereocenters. The summed E-state index contributed by atoms with van der Waals surface area (Å²) in [5.74, 6) is 0.464. The van der Waals surface area contributed by atoms with Crippen LogP contribution in [0.15, 0.2) is 5.38 Å². The first-order chi connectivity index (χ1) is 9.44. The van der Waals surface area contributed by atoms with E-state index in [0.29, 0.717) is 17.5 Å². The van der Waals surface area contributed by atoms with Crippen LogP contribution in [0.4, 0.5) is 5.13 Å². The molecule has 0 radical (unpaired) electrons. The molecule has 0 spiro atoms. The summed E-state index contributed by atoms with van der Waals surface area (Å²) in [7, 11) is -3.27. The van der Waals surface area contributed by atoms with Crippen LogP contribution in [0, 0.1) is 0 Å². The fourth-order valence-corrected chi connectivity index (χ4v) is 3.91. The van der Waals surface area contributed by atoms with Gasteiger partial charge >= 0.3 is 0 Å². The summed E-state index contributed by atoms with van der Waals surface area (Å²) in [6.07, 6.45) is 2.63. The van der Waals surface area contributed by atoms with E-state index in [2.05, 4.69) is 21.9 Å². The Bertz CT molecular complexity index is 484. The van der Waals surface area contributed by atoms with Crippen LogP contribution >= 0.6 is 11.3 Å². The molecular formula is C13H25N3O2S2. The monoisotopic (exact) mass is 319 g/mol. The van der Waals surface area contributed by atoms with Crippen LogP contribution in [-0.2, 0) is 10.0 Å². The highest BCUT2D eigenvalue weighted by atomic mass is 32.2. The summed E-state index contributed by atoms with van der Waals surface area (Å²) in [6.45, 7) is 8.05. The second-order valence-corrected chi connectivity index (χ2v) is 7.81. The van der Waals surface area contributed by atoms with Gasteiger partial charge in [-0.25, -0.2) is 13.4 Å². The number of hydrogen-bond donors (Lipinski definition) is 2. The van der Waals surface area contributed by atoms with Gasteiger partial charge in [0.25, 0.3) is 0 Å². The minimum absolute atomic E-state index is 0.150. The summed E-state index contributed by atoms with van der Waals surface area (Å²) >= 11 is 1.34. The van der Waals surface area contributed by atoms with E-state index in [1.54, 1.807) is 0 Å². The Kier molecular flexibility index (Phi) is 7.47. The Balaban J connectivity index is 2.33. The van der Waals surface area contributed by atoms with Gasteiger partial charge in [0.1, 0.15) is 0 Å². The standard InChI is InChI=1S/C13H25N3O2S2/c1-4-7-14-8-5-6-9-20(17,18)16-13-15-12(10-19-13)11(2)3/h10-11,14H,4-9H2,1-3H3,(H,15,16). The number of hydrogen-bond acceptors (Lipinski definition) is 5. The van der Waals surface area contributed by atoms with Crippen LogP contribution in [0.5, 0.6) is 0 Å². The lowest BCUT2D eigenvalue weighted by Crippen LogP contribution is -2.19. The third-order valence-corrected chi connectivity index (χ3v) is 5.04. The van der Waals surface area contributed by atoms with Gasteiger partial charge in [-0.05, 0) is 38.3 Å². The van der Waals surface area contributed by atoms with Crippen molar-refractivity contribution in [1.29, 1.82) is 0 Å². The van der Waals surface area contributed by atoms with E-state index in [9.17, 15) is 8.42 Å². The third-order valence-electron chi connectivity index (χ3n) is 2.80. The summed E-state index contributed by atoms with van der Waals surface area (Å²) in [5, 5.41) is 5.63. The smallest absolute Gasteiger partial charge is 0.234 e. The molecule has 0 unspecified atom stereocenters. The number of aromatic nitrogens is 1. The summed E-state index contributed by atoms with van der Waals surface area (Å²) in [6, 6.07) is 0. The van der Waals surface area contributed by atoms with Crippen molar-refractivity contribution in [2.45, 2.75) is 46.0 Å². The molecule has 7 heteroatoms. The number of thiazole rings is 1. The zero-order chi connectivity index (χ0) is 15.0. The van der Waals surface area contributed by atoms with Gasteiger partial charge < -0.3 is 5.32 Å². The van der Waals surface area contributed by atoms with Crippen molar-refractivity contribution in [2.75, 3.05) is 23.6 Å². The molecule has 1 rings (SSSR count). The maximum Gasteiger partial charge on any atom is 0.234 e. The topological polar surface area (TPSA) is 71.1 Å². The molecule has 0 aromatic carbocycles. The zero-order valence-corrected chi connectivity index (χ0v) is 14.1. The van der Waals surface area contributed by atoms with Gasteiger partial charge in [0, 0.05) is 5.38 Å². The average Bonchev–Trinajstić information content (AvgIpc) is 2.81. The maximum absolute atomic E-state index is 11.9. The molecule has 1 aromatic rings. The third kappa shape index (κ3) is 6.67. The first kappa shape index (κ1) is 17.4. The Labute approximate surface area is 126 Å². The van der Waals surface area contributed by atoms with Gasteiger partial charge in [-0.1, -0.05) is 20.8 Å². The van der Waals surface area contributed by atoms with Crippen molar-refractivity contribution in [3.63, 3.8) is 0 Å². The van der Waals surface area contributed by atoms with Crippen molar-refractivity contribution < 1.29 is 8.42 Å². The lowest BCUT2D eigenvalue weighted by atomic mass is 10.2. The van der Waals surface area contributed by atoms with E-state index >= 15 is 0 Å². The van der Waals surface area contributed by atoms with Crippen LogP contribution in [-0.4, -0.2) is 32.2 Å². The molecule has 20 heavy (non-hydrogen) atoms. The molecule has 0 fully saturated rings. The Morgan fingerprint density at radius 2 is 2.05 bits per heavy atom. The van der Waals surface area contributed by atoms with E-state index in [-0.39, 0.29) is 5.75 Å². The van der Waals surface area contributed by atoms with Gasteiger partial charge in [-0.15, -0.1) is 11.3 Å². The fraction of sp³-hybridized carbons (Fsp3) is 0.769. The molecule has 5 nitrogen and oxygen atoms in total. The molecule has 0 aliphatic carbocycles. The molecule has 116 valence electrons. The maximum atomic E-state index is 11.9. The van der Waals surface area contributed by atoms with E-state index < -0.39 is 10.0 Å². The van der Waals surface area contributed by atoms with Crippen molar-refractivity contribution in [1.82, 2.24) is 10.3 Å². The summed E-state index contributed by atoms with van der Waals surface area (Å²) < 4.78 is 26.4. The van der Waals surface area contributed by atoms with Crippen molar-refractivity contribution in [2.24, 2.45) is 0 Å². The van der Waals surface area contributed by atoms with E-state index in [4.69, 9.17) is 0 Å². The summed E-state index contributed by atoms with van der Waals surface area (Å²) in [4.78, 5) is 4.28. The largest absolute Gasteiger partial charge is 0.317 e. The van der Waals surface area contributed by atoms with Crippen molar-refractivity contribution in [3.8, 4) is 0 Å².